The molecule has 1 heterocycles. The second-order valence-electron chi connectivity index (χ2n) is 8.13. The van der Waals surface area contributed by atoms with Gasteiger partial charge in [-0.15, -0.1) is 0 Å². The Morgan fingerprint density at radius 1 is 1.03 bits per heavy atom. The maximum absolute atomic E-state index is 13.0. The van der Waals surface area contributed by atoms with Crippen molar-refractivity contribution in [3.63, 3.8) is 0 Å². The molecular weight excluding hydrogens is 492 g/mol. The Morgan fingerprint density at radius 3 is 2.19 bits per heavy atom. The number of carbonyl (C=O) groups is 4. The fourth-order valence-corrected chi connectivity index (χ4v) is 3.44. The van der Waals surface area contributed by atoms with Crippen molar-refractivity contribution in [2.75, 3.05) is 5.75 Å². The van der Waals surface area contributed by atoms with Gasteiger partial charge in [-0.2, -0.15) is 12.6 Å². The monoisotopic (exact) mass is 522 g/mol. The van der Waals surface area contributed by atoms with Crippen LogP contribution in [0.25, 0.3) is 0 Å². The Labute approximate surface area is 212 Å². The zero-order valence-electron chi connectivity index (χ0n) is 19.4. The van der Waals surface area contributed by atoms with Crippen LogP contribution in [0, 0.1) is 0 Å². The number of phenolic OH excluding ortho intramolecular Hbond substituents is 1. The van der Waals surface area contributed by atoms with Gasteiger partial charge in [0.2, 0.25) is 17.7 Å². The molecule has 2 rings (SSSR count). The van der Waals surface area contributed by atoms with Crippen molar-refractivity contribution in [3.05, 3.63) is 48.0 Å². The quantitative estimate of drug-likeness (QED) is 0.134. The lowest BCUT2D eigenvalue weighted by molar-refractivity contribution is -0.141. The third-order valence-corrected chi connectivity index (χ3v) is 5.57. The molecule has 0 aliphatic carbocycles. The van der Waals surface area contributed by atoms with Crippen molar-refractivity contribution in [1.82, 2.24) is 25.9 Å². The molecule has 36 heavy (non-hydrogen) atoms. The highest BCUT2D eigenvalue weighted by Crippen LogP contribution is 2.11. The molecule has 13 nitrogen and oxygen atoms in total. The number of nitrogens with one attached hydrogen (secondary N) is 4. The van der Waals surface area contributed by atoms with E-state index in [-0.39, 0.29) is 24.3 Å². The highest BCUT2D eigenvalue weighted by atomic mass is 32.1. The summed E-state index contributed by atoms with van der Waals surface area (Å²) in [6.07, 6.45) is 1.47. The van der Waals surface area contributed by atoms with E-state index in [1.54, 1.807) is 12.1 Å². The van der Waals surface area contributed by atoms with Gasteiger partial charge in [0, 0.05) is 24.1 Å². The van der Waals surface area contributed by atoms with Crippen LogP contribution in [-0.4, -0.2) is 85.0 Å². The standard InChI is InChI=1S/C22H30N6O7S/c1-11(29)18(28-19(31)15(23)6-12-2-4-14(30)5-3-12)21(33)26-16(7-13-8-24-10-25-13)20(32)27-17(9-36)22(34)35/h2-5,8,10-11,15-18,29-30,36H,6-7,9,23H2,1H3,(H,24,25)(H,26,33)(H,27,32)(H,28,31)(H,34,35). The molecule has 14 heteroatoms. The van der Waals surface area contributed by atoms with E-state index < -0.39 is 54.0 Å². The summed E-state index contributed by atoms with van der Waals surface area (Å²) in [7, 11) is 0. The fourth-order valence-electron chi connectivity index (χ4n) is 3.19. The average molecular weight is 523 g/mol. The molecule has 0 aliphatic heterocycles. The van der Waals surface area contributed by atoms with Gasteiger partial charge < -0.3 is 42.0 Å². The average Bonchev–Trinajstić information content (AvgIpc) is 3.34. The zero-order chi connectivity index (χ0) is 26.8. The number of nitrogens with two attached hydrogens (primary N) is 1. The molecule has 5 unspecified atom stereocenters. The number of imidazole rings is 1. The number of phenols is 1. The minimum absolute atomic E-state index is 0.0559. The van der Waals surface area contributed by atoms with E-state index in [1.807, 2.05) is 0 Å². The van der Waals surface area contributed by atoms with E-state index in [0.29, 0.717) is 11.3 Å². The number of carboxylic acids is 1. The lowest BCUT2D eigenvalue weighted by atomic mass is 10.0. The van der Waals surface area contributed by atoms with Crippen LogP contribution in [0.3, 0.4) is 0 Å². The summed E-state index contributed by atoms with van der Waals surface area (Å²) in [6, 6.07) is 0.986. The van der Waals surface area contributed by atoms with Gasteiger partial charge in [-0.1, -0.05) is 12.1 Å². The van der Waals surface area contributed by atoms with Crippen molar-refractivity contribution < 1.29 is 34.5 Å². The highest BCUT2D eigenvalue weighted by Gasteiger charge is 2.32. The number of hydrogen-bond donors (Lipinski definition) is 9. The van der Waals surface area contributed by atoms with Gasteiger partial charge in [-0.05, 0) is 31.0 Å². The Morgan fingerprint density at radius 2 is 1.67 bits per heavy atom. The Bertz CT molecular complexity index is 1030. The van der Waals surface area contributed by atoms with Gasteiger partial charge in [0.05, 0.1) is 18.5 Å². The Balaban J connectivity index is 2.11. The third-order valence-electron chi connectivity index (χ3n) is 5.20. The fraction of sp³-hybridized carbons (Fsp3) is 0.409. The topological polar surface area (TPSA) is 220 Å². The number of aromatic hydroxyl groups is 1. The van der Waals surface area contributed by atoms with Gasteiger partial charge in [0.1, 0.15) is 23.9 Å². The molecule has 2 aromatic rings. The summed E-state index contributed by atoms with van der Waals surface area (Å²) in [5.74, 6) is -3.84. The molecule has 0 bridgehead atoms. The first-order chi connectivity index (χ1) is 17.0. The molecule has 0 saturated carbocycles. The maximum Gasteiger partial charge on any atom is 0.327 e. The van der Waals surface area contributed by atoms with Gasteiger partial charge in [0.25, 0.3) is 0 Å². The normalized spacial score (nSPS) is 15.1. The number of aliphatic hydroxyl groups is 1. The minimum Gasteiger partial charge on any atom is -0.508 e. The number of benzene rings is 1. The smallest absolute Gasteiger partial charge is 0.327 e. The Hall–Kier alpha value is -3.62. The highest BCUT2D eigenvalue weighted by molar-refractivity contribution is 7.80. The maximum atomic E-state index is 13.0. The van der Waals surface area contributed by atoms with E-state index in [0.717, 1.165) is 0 Å². The van der Waals surface area contributed by atoms with E-state index >= 15 is 0 Å². The minimum atomic E-state index is -1.46. The molecular formula is C22H30N6O7S. The van der Waals surface area contributed by atoms with Crippen LogP contribution < -0.4 is 21.7 Å². The second-order valence-corrected chi connectivity index (χ2v) is 8.49. The van der Waals surface area contributed by atoms with E-state index in [2.05, 4.69) is 38.5 Å². The van der Waals surface area contributed by atoms with Crippen molar-refractivity contribution in [3.8, 4) is 5.75 Å². The summed E-state index contributed by atoms with van der Waals surface area (Å²) in [5, 5.41) is 35.8. The van der Waals surface area contributed by atoms with Gasteiger partial charge in [0.15, 0.2) is 0 Å². The van der Waals surface area contributed by atoms with E-state index in [1.165, 1.54) is 31.6 Å². The molecule has 0 radical (unpaired) electrons. The second kappa shape index (κ2) is 13.5. The zero-order valence-corrected chi connectivity index (χ0v) is 20.3. The lowest BCUT2D eigenvalue weighted by Crippen LogP contribution is -2.60. The number of aliphatic hydroxyl groups excluding tert-OH is 1. The summed E-state index contributed by atoms with van der Waals surface area (Å²) in [5.41, 5.74) is 7.09. The molecule has 0 saturated heterocycles. The first kappa shape index (κ1) is 28.6. The molecule has 0 aliphatic rings. The number of aromatic nitrogens is 2. The van der Waals surface area contributed by atoms with Crippen LogP contribution in [0.1, 0.15) is 18.2 Å². The molecule has 0 spiro atoms. The van der Waals surface area contributed by atoms with Gasteiger partial charge in [-0.25, -0.2) is 9.78 Å². The Kier molecular flexibility index (Phi) is 10.7. The van der Waals surface area contributed by atoms with Crippen molar-refractivity contribution in [2.24, 2.45) is 5.73 Å². The predicted molar refractivity (Wildman–Crippen MR) is 131 cm³/mol. The lowest BCUT2D eigenvalue weighted by Gasteiger charge is -2.26. The molecule has 9 N–H and O–H groups in total. The molecule has 0 fully saturated rings. The summed E-state index contributed by atoms with van der Waals surface area (Å²) < 4.78 is 0. The number of amides is 3. The summed E-state index contributed by atoms with van der Waals surface area (Å²) in [4.78, 5) is 56.3. The van der Waals surface area contributed by atoms with Gasteiger partial charge >= 0.3 is 5.97 Å². The number of rotatable bonds is 13. The number of carboxylic acid groups (broad SMARTS) is 1. The van der Waals surface area contributed by atoms with Crippen molar-refractivity contribution >= 4 is 36.3 Å². The van der Waals surface area contributed by atoms with Crippen LogP contribution in [-0.2, 0) is 32.0 Å². The van der Waals surface area contributed by atoms with Crippen LogP contribution in [0.15, 0.2) is 36.8 Å². The number of carbonyl (C=O) groups excluding carboxylic acids is 3. The first-order valence-electron chi connectivity index (χ1n) is 10.9. The summed E-state index contributed by atoms with van der Waals surface area (Å²) >= 11 is 3.91. The number of H-pyrrole nitrogens is 1. The van der Waals surface area contributed by atoms with Crippen LogP contribution >= 0.6 is 12.6 Å². The van der Waals surface area contributed by atoms with E-state index in [4.69, 9.17) is 5.73 Å². The van der Waals surface area contributed by atoms with Crippen LogP contribution in [0.2, 0.25) is 0 Å². The molecule has 196 valence electrons. The SMILES string of the molecule is CC(O)C(NC(=O)C(N)Cc1ccc(O)cc1)C(=O)NC(Cc1cnc[nH]1)C(=O)NC(CS)C(=O)O. The number of hydrogen-bond acceptors (Lipinski definition) is 9. The van der Waals surface area contributed by atoms with Crippen LogP contribution in [0.4, 0.5) is 0 Å². The summed E-state index contributed by atoms with van der Waals surface area (Å²) in [6.45, 7) is 1.28. The number of aliphatic carboxylic acids is 1. The number of nitrogens with zero attached hydrogens (tertiary/aromatic N) is 1. The third kappa shape index (κ3) is 8.55. The molecule has 1 aromatic heterocycles. The van der Waals surface area contributed by atoms with E-state index in [9.17, 15) is 34.5 Å². The number of aromatic amines is 1. The number of thiol groups is 1. The molecule has 5 atom stereocenters. The molecule has 3 amide bonds. The van der Waals surface area contributed by atoms with Crippen molar-refractivity contribution in [2.45, 2.75) is 50.0 Å². The van der Waals surface area contributed by atoms with Crippen LogP contribution in [0.5, 0.6) is 5.75 Å². The first-order valence-corrected chi connectivity index (χ1v) is 11.6. The molecule has 1 aromatic carbocycles. The van der Waals surface area contributed by atoms with Crippen molar-refractivity contribution in [1.29, 1.82) is 0 Å². The predicted octanol–water partition coefficient (Wildman–Crippen LogP) is -1.92. The largest absolute Gasteiger partial charge is 0.508 e. The van der Waals surface area contributed by atoms with Gasteiger partial charge in [-0.3, -0.25) is 14.4 Å².